The Morgan fingerprint density at radius 2 is 2.17 bits per heavy atom. The number of hydrogen-bond acceptors (Lipinski definition) is 4. The minimum Gasteiger partial charge on any atom is -0.460 e. The molecule has 0 N–H and O–H groups in total. The highest BCUT2D eigenvalue weighted by atomic mass is 79.9. The van der Waals surface area contributed by atoms with Gasteiger partial charge in [0, 0.05) is 0 Å². The molecule has 0 fully saturated rings. The number of alkyl halides is 1. The summed E-state index contributed by atoms with van der Waals surface area (Å²) in [6.45, 7) is 1.94. The minimum atomic E-state index is -0.597. The number of esters is 1. The van der Waals surface area contributed by atoms with E-state index in [0.717, 1.165) is 0 Å². The second-order valence-electron chi connectivity index (χ2n) is 3.53. The van der Waals surface area contributed by atoms with Gasteiger partial charge in [0.05, 0.1) is 23.0 Å². The summed E-state index contributed by atoms with van der Waals surface area (Å²) in [5.41, 5.74) is 0.418. The van der Waals surface area contributed by atoms with Gasteiger partial charge in [0.1, 0.15) is 0 Å². The van der Waals surface area contributed by atoms with E-state index in [1.807, 2.05) is 0 Å². The molecule has 94 valence electrons. The van der Waals surface area contributed by atoms with Crippen molar-refractivity contribution in [3.05, 3.63) is 40.4 Å². The highest BCUT2D eigenvalue weighted by molar-refractivity contribution is 9.08. The van der Waals surface area contributed by atoms with E-state index in [2.05, 4.69) is 20.9 Å². The van der Waals surface area contributed by atoms with E-state index in [1.54, 1.807) is 31.2 Å². The van der Waals surface area contributed by atoms with E-state index in [0.29, 0.717) is 10.9 Å². The third-order valence-electron chi connectivity index (χ3n) is 2.44. The maximum Gasteiger partial charge on any atom is 0.374 e. The van der Waals surface area contributed by atoms with Gasteiger partial charge in [-0.3, -0.25) is 9.36 Å². The zero-order chi connectivity index (χ0) is 13.1. The quantitative estimate of drug-likeness (QED) is 0.642. The van der Waals surface area contributed by atoms with Gasteiger partial charge in [-0.1, -0.05) is 28.1 Å². The fraction of sp³-hybridized carbons (Fsp3) is 0.250. The number of halogens is 1. The van der Waals surface area contributed by atoms with Crippen LogP contribution in [0, 0.1) is 0 Å². The highest BCUT2D eigenvalue weighted by Crippen LogP contribution is 2.09. The third kappa shape index (κ3) is 2.15. The lowest BCUT2D eigenvalue weighted by Crippen LogP contribution is -2.27. The van der Waals surface area contributed by atoms with Gasteiger partial charge in [0.25, 0.3) is 5.56 Å². The molecular formula is C12H11BrN2O3. The first kappa shape index (κ1) is 12.8. The summed E-state index contributed by atoms with van der Waals surface area (Å²) in [5.74, 6) is -0.586. The topological polar surface area (TPSA) is 61.2 Å². The standard InChI is InChI=1S/C12H11BrN2O3/c1-2-18-12(17)10-14-9-6-4-3-5-8(9)11(16)15(10)7-13/h3-6H,2,7H2,1H3. The minimum absolute atomic E-state index is 0.0115. The van der Waals surface area contributed by atoms with Crippen LogP contribution in [0.15, 0.2) is 29.1 Å². The summed E-state index contributed by atoms with van der Waals surface area (Å²) < 4.78 is 6.14. The summed E-state index contributed by atoms with van der Waals surface area (Å²) in [4.78, 5) is 28.1. The SMILES string of the molecule is CCOC(=O)c1nc2ccccc2c(=O)n1CBr. The molecule has 0 saturated heterocycles. The molecular weight excluding hydrogens is 300 g/mol. The molecule has 0 saturated carbocycles. The third-order valence-corrected chi connectivity index (χ3v) is 2.94. The molecule has 0 spiro atoms. The van der Waals surface area contributed by atoms with Crippen molar-refractivity contribution < 1.29 is 9.53 Å². The number of fused-ring (bicyclic) bond motifs is 1. The van der Waals surface area contributed by atoms with Crippen LogP contribution in [0.3, 0.4) is 0 Å². The van der Waals surface area contributed by atoms with Gasteiger partial charge in [-0.25, -0.2) is 9.78 Å². The molecule has 1 aromatic heterocycles. The van der Waals surface area contributed by atoms with Crippen LogP contribution in [0.5, 0.6) is 0 Å². The number of carbonyl (C=O) groups excluding carboxylic acids is 1. The molecule has 1 aromatic carbocycles. The number of rotatable bonds is 3. The molecule has 6 heteroatoms. The normalized spacial score (nSPS) is 10.6. The van der Waals surface area contributed by atoms with Crippen molar-refractivity contribution in [3.63, 3.8) is 0 Å². The van der Waals surface area contributed by atoms with E-state index in [4.69, 9.17) is 4.74 Å². The highest BCUT2D eigenvalue weighted by Gasteiger charge is 2.17. The summed E-state index contributed by atoms with van der Waals surface area (Å²) in [5, 5.41) is 0.477. The molecule has 5 nitrogen and oxygen atoms in total. The Balaban J connectivity index is 2.73. The van der Waals surface area contributed by atoms with Crippen LogP contribution < -0.4 is 5.56 Å². The molecule has 0 unspecified atom stereocenters. The predicted molar refractivity (Wildman–Crippen MR) is 70.9 cm³/mol. The fourth-order valence-corrected chi connectivity index (χ4v) is 2.10. The lowest BCUT2D eigenvalue weighted by atomic mass is 10.2. The van der Waals surface area contributed by atoms with Crippen molar-refractivity contribution in [3.8, 4) is 0 Å². The van der Waals surface area contributed by atoms with Crippen LogP contribution in [-0.2, 0) is 10.2 Å². The molecule has 0 bridgehead atoms. The Hall–Kier alpha value is -1.69. The van der Waals surface area contributed by atoms with E-state index in [1.165, 1.54) is 4.57 Å². The van der Waals surface area contributed by atoms with Gasteiger partial charge in [0.2, 0.25) is 5.82 Å². The van der Waals surface area contributed by atoms with Crippen molar-refractivity contribution in [1.29, 1.82) is 0 Å². The molecule has 2 rings (SSSR count). The van der Waals surface area contributed by atoms with Crippen LogP contribution in [0.4, 0.5) is 0 Å². The molecule has 18 heavy (non-hydrogen) atoms. The molecule has 0 amide bonds. The van der Waals surface area contributed by atoms with E-state index >= 15 is 0 Å². The van der Waals surface area contributed by atoms with Crippen LogP contribution in [0.25, 0.3) is 10.9 Å². The van der Waals surface area contributed by atoms with E-state index in [9.17, 15) is 9.59 Å². The van der Waals surface area contributed by atoms with Crippen LogP contribution in [0.2, 0.25) is 0 Å². The van der Waals surface area contributed by atoms with Crippen LogP contribution in [-0.4, -0.2) is 22.1 Å². The smallest absolute Gasteiger partial charge is 0.374 e. The van der Waals surface area contributed by atoms with Gasteiger partial charge in [0.15, 0.2) is 0 Å². The van der Waals surface area contributed by atoms with Crippen molar-refractivity contribution in [2.24, 2.45) is 0 Å². The number of ether oxygens (including phenoxy) is 1. The lowest BCUT2D eigenvalue weighted by molar-refractivity contribution is 0.0506. The van der Waals surface area contributed by atoms with Gasteiger partial charge in [-0.2, -0.15) is 0 Å². The largest absolute Gasteiger partial charge is 0.460 e. The predicted octanol–water partition coefficient (Wildman–Crippen LogP) is 1.93. The average Bonchev–Trinajstić information content (AvgIpc) is 2.39. The fourth-order valence-electron chi connectivity index (χ4n) is 1.63. The maximum atomic E-state index is 12.2. The average molecular weight is 311 g/mol. The molecule has 0 aliphatic heterocycles. The number of para-hydroxylation sites is 1. The number of nitrogens with zero attached hydrogens (tertiary/aromatic N) is 2. The Morgan fingerprint density at radius 3 is 2.83 bits per heavy atom. The van der Waals surface area contributed by atoms with Gasteiger partial charge >= 0.3 is 5.97 Å². The second kappa shape index (κ2) is 5.30. The van der Waals surface area contributed by atoms with Crippen molar-refractivity contribution in [1.82, 2.24) is 9.55 Å². The first-order valence-corrected chi connectivity index (χ1v) is 6.53. The second-order valence-corrected chi connectivity index (χ2v) is 4.03. The molecule has 2 aromatic rings. The molecule has 0 atom stereocenters. The Morgan fingerprint density at radius 1 is 1.44 bits per heavy atom. The Labute approximate surface area is 112 Å². The zero-order valence-corrected chi connectivity index (χ0v) is 11.3. The van der Waals surface area contributed by atoms with Crippen molar-refractivity contribution >= 4 is 32.8 Å². The van der Waals surface area contributed by atoms with Gasteiger partial charge in [-0.15, -0.1) is 0 Å². The first-order chi connectivity index (χ1) is 8.69. The maximum absolute atomic E-state index is 12.2. The summed E-state index contributed by atoms with van der Waals surface area (Å²) in [6, 6.07) is 6.90. The number of carbonyl (C=O) groups is 1. The molecule has 0 aliphatic rings. The molecule has 0 aliphatic carbocycles. The Kier molecular flexibility index (Phi) is 3.76. The zero-order valence-electron chi connectivity index (χ0n) is 9.72. The van der Waals surface area contributed by atoms with Crippen LogP contribution in [0.1, 0.15) is 17.5 Å². The van der Waals surface area contributed by atoms with Gasteiger partial charge in [-0.05, 0) is 19.1 Å². The molecule has 0 radical (unpaired) electrons. The lowest BCUT2D eigenvalue weighted by Gasteiger charge is -2.09. The summed E-state index contributed by atoms with van der Waals surface area (Å²) in [6.07, 6.45) is 0. The number of aromatic nitrogens is 2. The van der Waals surface area contributed by atoms with E-state index in [-0.39, 0.29) is 23.4 Å². The van der Waals surface area contributed by atoms with E-state index < -0.39 is 5.97 Å². The number of hydrogen-bond donors (Lipinski definition) is 0. The first-order valence-electron chi connectivity index (χ1n) is 5.41. The monoisotopic (exact) mass is 310 g/mol. The summed E-state index contributed by atoms with van der Waals surface area (Å²) in [7, 11) is 0. The summed E-state index contributed by atoms with van der Waals surface area (Å²) >= 11 is 3.18. The van der Waals surface area contributed by atoms with Crippen molar-refractivity contribution in [2.75, 3.05) is 6.61 Å². The Bertz CT molecular complexity index is 651. The van der Waals surface area contributed by atoms with Gasteiger partial charge < -0.3 is 4.74 Å². The number of benzene rings is 1. The van der Waals surface area contributed by atoms with Crippen LogP contribution >= 0.6 is 15.9 Å². The van der Waals surface area contributed by atoms with Crippen molar-refractivity contribution in [2.45, 2.75) is 12.4 Å². The molecule has 1 heterocycles.